The van der Waals surface area contributed by atoms with Crippen molar-refractivity contribution in [3.8, 4) is 22.3 Å². The first kappa shape index (κ1) is 34.9. The summed E-state index contributed by atoms with van der Waals surface area (Å²) in [6.45, 7) is 20.1. The Morgan fingerprint density at radius 2 is 1.05 bits per heavy atom. The highest BCUT2D eigenvalue weighted by Crippen LogP contribution is 2.90. The predicted octanol–water partition coefficient (Wildman–Crippen LogP) is 14.9. The molecule has 0 radical (unpaired) electrons. The van der Waals surface area contributed by atoms with Crippen LogP contribution in [0, 0.1) is 29.1 Å². The van der Waals surface area contributed by atoms with Crippen LogP contribution in [0.5, 0.6) is 0 Å². The van der Waals surface area contributed by atoms with Crippen LogP contribution in [0.1, 0.15) is 140 Å². The van der Waals surface area contributed by atoms with Gasteiger partial charge >= 0.3 is 0 Å². The van der Waals surface area contributed by atoms with Crippen molar-refractivity contribution in [3.63, 3.8) is 0 Å². The highest BCUT2D eigenvalue weighted by Gasteiger charge is 2.84. The van der Waals surface area contributed by atoms with Crippen LogP contribution in [-0.2, 0) is 27.1 Å². The minimum Gasteiger partial charge on any atom is -0.310 e. The molecule has 5 aromatic carbocycles. The zero-order valence-electron chi connectivity index (χ0n) is 35.7. The molecule has 0 aliphatic heterocycles. The van der Waals surface area contributed by atoms with Gasteiger partial charge in [-0.1, -0.05) is 134 Å². The lowest BCUT2D eigenvalue weighted by molar-refractivity contribution is -0.231. The van der Waals surface area contributed by atoms with E-state index in [1.54, 1.807) is 22.3 Å². The van der Waals surface area contributed by atoms with Gasteiger partial charge in [0.05, 0.1) is 11.4 Å². The number of fused-ring (bicyclic) bond motifs is 10. The van der Waals surface area contributed by atoms with E-state index in [0.717, 1.165) is 23.7 Å². The summed E-state index contributed by atoms with van der Waals surface area (Å²) >= 11 is 0. The van der Waals surface area contributed by atoms with Crippen molar-refractivity contribution < 1.29 is 0 Å². The van der Waals surface area contributed by atoms with Crippen LogP contribution in [0.3, 0.4) is 0 Å². The van der Waals surface area contributed by atoms with Crippen LogP contribution in [0.25, 0.3) is 22.3 Å². The van der Waals surface area contributed by atoms with Crippen molar-refractivity contribution in [1.82, 2.24) is 0 Å². The molecule has 0 aromatic heterocycles. The van der Waals surface area contributed by atoms with Crippen molar-refractivity contribution in [2.75, 3.05) is 4.90 Å². The van der Waals surface area contributed by atoms with E-state index in [1.165, 1.54) is 102 Å². The zero-order chi connectivity index (χ0) is 39.1. The van der Waals surface area contributed by atoms with E-state index in [4.69, 9.17) is 0 Å². The first-order valence-corrected chi connectivity index (χ1v) is 22.6. The highest BCUT2D eigenvalue weighted by molar-refractivity contribution is 5.98. The Bertz CT molecular complexity index is 2450. The second-order valence-corrected chi connectivity index (χ2v) is 22.7. The molecule has 1 nitrogen and oxygen atoms in total. The van der Waals surface area contributed by atoms with Crippen LogP contribution < -0.4 is 4.90 Å². The maximum atomic E-state index is 2.81. The summed E-state index contributed by atoms with van der Waals surface area (Å²) in [6, 6.07) is 41.3. The number of benzene rings is 5. The van der Waals surface area contributed by atoms with Crippen molar-refractivity contribution in [1.29, 1.82) is 0 Å². The molecule has 12 rings (SSSR count). The molecule has 290 valence electrons. The van der Waals surface area contributed by atoms with Gasteiger partial charge in [0.2, 0.25) is 0 Å². The number of rotatable bonds is 4. The summed E-state index contributed by atoms with van der Waals surface area (Å²) in [5, 5.41) is 0. The van der Waals surface area contributed by atoms with Gasteiger partial charge in [-0.15, -0.1) is 0 Å². The van der Waals surface area contributed by atoms with Crippen LogP contribution in [-0.4, -0.2) is 0 Å². The Labute approximate surface area is 342 Å². The third-order valence-electron chi connectivity index (χ3n) is 18.2. The van der Waals surface area contributed by atoms with Crippen molar-refractivity contribution in [2.45, 2.75) is 134 Å². The second kappa shape index (κ2) is 10.9. The average molecular weight is 748 g/mol. The molecule has 0 N–H and O–H groups in total. The van der Waals surface area contributed by atoms with Crippen LogP contribution in [0.4, 0.5) is 17.1 Å². The zero-order valence-corrected chi connectivity index (χ0v) is 35.7. The Balaban J connectivity index is 1.20. The Kier molecular flexibility index (Phi) is 6.69. The summed E-state index contributed by atoms with van der Waals surface area (Å²) in [5.74, 6) is 3.41. The van der Waals surface area contributed by atoms with E-state index < -0.39 is 0 Å². The van der Waals surface area contributed by atoms with Crippen LogP contribution >= 0.6 is 0 Å². The molecule has 2 spiro atoms. The summed E-state index contributed by atoms with van der Waals surface area (Å²) in [5.41, 5.74) is 20.4. The minimum atomic E-state index is 0.0458. The molecule has 57 heavy (non-hydrogen) atoms. The average Bonchev–Trinajstić information content (AvgIpc) is 3.83. The molecule has 0 heterocycles. The standard InChI is InChI=1S/C56H61N/c1-51(2)24-26-53(5,6)49-41(51)20-14-22-44(49)57(45-23-15-21-42-50(45)54(7,8)27-25-52(42,3)4)37-31-39(35-16-10-9-11-17-35)48-38-18-12-13-19-40(38)56(43(48)32-37)46-29-34-28-36-30-47(56)55(36,46)33-34/h9-23,31-32,34,36,46-47H,24-30,33H2,1-8H3. The predicted molar refractivity (Wildman–Crippen MR) is 238 cm³/mol. The summed E-state index contributed by atoms with van der Waals surface area (Å²) in [6.07, 6.45) is 10.6. The normalized spacial score (nSPS) is 31.6. The monoisotopic (exact) mass is 747 g/mol. The Hall–Kier alpha value is -4.10. The molecular formula is C56H61N. The molecule has 6 unspecified atom stereocenters. The SMILES string of the molecule is CC1(C)CCC(C)(C)c2c(N(c3cc(-c4ccccc4)c4c(c3)C3(c5ccccc5-4)C4CC5CC6CC3C64C5)c3cccc4c3C(C)(C)CCC4(C)C)cccc21. The lowest BCUT2D eigenvalue weighted by atomic mass is 9.27. The Morgan fingerprint density at radius 1 is 0.491 bits per heavy atom. The van der Waals surface area contributed by atoms with Crippen molar-refractivity contribution in [3.05, 3.63) is 137 Å². The fourth-order valence-corrected chi connectivity index (χ4v) is 15.6. The number of hydrogen-bond acceptors (Lipinski definition) is 1. The molecule has 1 heteroatoms. The summed E-state index contributed by atoms with van der Waals surface area (Å²) in [4.78, 5) is 2.81. The molecule has 5 aromatic rings. The molecule has 7 aliphatic rings. The van der Waals surface area contributed by atoms with Gasteiger partial charge in [-0.2, -0.15) is 0 Å². The summed E-state index contributed by atoms with van der Waals surface area (Å²) in [7, 11) is 0. The number of nitrogens with zero attached hydrogens (tertiary/aromatic N) is 1. The van der Waals surface area contributed by atoms with Crippen molar-refractivity contribution >= 4 is 17.1 Å². The maximum Gasteiger partial charge on any atom is 0.0502 e. The van der Waals surface area contributed by atoms with E-state index in [2.05, 4.69) is 163 Å². The van der Waals surface area contributed by atoms with Gasteiger partial charge in [0, 0.05) is 11.1 Å². The number of anilines is 3. The van der Waals surface area contributed by atoms with E-state index >= 15 is 0 Å². The fraction of sp³-hybridized carbons (Fsp3) is 0.464. The van der Waals surface area contributed by atoms with Gasteiger partial charge < -0.3 is 4.90 Å². The van der Waals surface area contributed by atoms with Gasteiger partial charge in [-0.3, -0.25) is 0 Å². The molecule has 4 fully saturated rings. The lowest BCUT2D eigenvalue weighted by Gasteiger charge is -2.76. The van der Waals surface area contributed by atoms with E-state index in [-0.39, 0.29) is 27.1 Å². The molecule has 6 atom stereocenters. The van der Waals surface area contributed by atoms with Gasteiger partial charge in [-0.25, -0.2) is 0 Å². The van der Waals surface area contributed by atoms with Crippen molar-refractivity contribution in [2.24, 2.45) is 29.1 Å². The van der Waals surface area contributed by atoms with Crippen LogP contribution in [0.2, 0.25) is 0 Å². The molecule has 0 amide bonds. The maximum absolute atomic E-state index is 2.81. The van der Waals surface area contributed by atoms with Gasteiger partial charge in [-0.05, 0) is 182 Å². The largest absolute Gasteiger partial charge is 0.310 e. The Morgan fingerprint density at radius 3 is 1.68 bits per heavy atom. The molecule has 7 aliphatic carbocycles. The minimum absolute atomic E-state index is 0.0458. The van der Waals surface area contributed by atoms with Gasteiger partial charge in [0.25, 0.3) is 0 Å². The molecular weight excluding hydrogens is 687 g/mol. The first-order chi connectivity index (χ1) is 27.2. The van der Waals surface area contributed by atoms with Crippen LogP contribution in [0.15, 0.2) is 103 Å². The van der Waals surface area contributed by atoms with E-state index in [0.29, 0.717) is 5.41 Å². The second-order valence-electron chi connectivity index (χ2n) is 22.7. The topological polar surface area (TPSA) is 3.24 Å². The molecule has 4 saturated carbocycles. The third-order valence-corrected chi connectivity index (χ3v) is 18.2. The first-order valence-electron chi connectivity index (χ1n) is 22.6. The quantitative estimate of drug-likeness (QED) is 0.177. The third kappa shape index (κ3) is 4.18. The fourth-order valence-electron chi connectivity index (χ4n) is 15.6. The molecule has 0 saturated heterocycles. The smallest absolute Gasteiger partial charge is 0.0502 e. The number of hydrogen-bond donors (Lipinski definition) is 0. The lowest BCUT2D eigenvalue weighted by Crippen LogP contribution is -2.73. The summed E-state index contributed by atoms with van der Waals surface area (Å²) < 4.78 is 0. The molecule has 2 bridgehead atoms. The van der Waals surface area contributed by atoms with Gasteiger partial charge in [0.15, 0.2) is 0 Å². The van der Waals surface area contributed by atoms with Gasteiger partial charge in [0.1, 0.15) is 0 Å². The van der Waals surface area contributed by atoms with E-state index in [1.807, 2.05) is 0 Å². The highest BCUT2D eigenvalue weighted by atomic mass is 15.2. The van der Waals surface area contributed by atoms with E-state index in [9.17, 15) is 0 Å².